The molecule has 0 heterocycles. The van der Waals surface area contributed by atoms with Crippen LogP contribution in [0.4, 0.5) is 0 Å². The summed E-state index contributed by atoms with van der Waals surface area (Å²) in [7, 11) is 3.22. The second-order valence-electron chi connectivity index (χ2n) is 4.94. The second kappa shape index (κ2) is 8.89. The molecule has 0 radical (unpaired) electrons. The van der Waals surface area contributed by atoms with E-state index >= 15 is 0 Å². The van der Waals surface area contributed by atoms with Crippen molar-refractivity contribution in [2.24, 2.45) is 5.92 Å². The first-order valence-corrected chi connectivity index (χ1v) is 7.67. The fourth-order valence-electron chi connectivity index (χ4n) is 1.78. The molecule has 0 bridgehead atoms. The standard InChI is InChI=1S/C15H23BrN2O3/c1-10(2)15(19)18-6-5-17-9-11-7-12(16)14(21-4)13(8-11)20-3/h7-8,10,17H,5-6,9H2,1-4H3,(H,18,19). The van der Waals surface area contributed by atoms with Gasteiger partial charge >= 0.3 is 0 Å². The smallest absolute Gasteiger partial charge is 0.222 e. The van der Waals surface area contributed by atoms with Crippen molar-refractivity contribution in [3.63, 3.8) is 0 Å². The van der Waals surface area contributed by atoms with Crippen molar-refractivity contribution in [2.45, 2.75) is 20.4 Å². The summed E-state index contributed by atoms with van der Waals surface area (Å²) < 4.78 is 11.4. The van der Waals surface area contributed by atoms with E-state index in [1.807, 2.05) is 26.0 Å². The maximum absolute atomic E-state index is 11.4. The SMILES string of the molecule is COc1cc(CNCCNC(=O)C(C)C)cc(Br)c1OC. The Kier molecular flexibility index (Phi) is 7.53. The molecule has 1 aromatic carbocycles. The second-order valence-corrected chi connectivity index (χ2v) is 5.79. The van der Waals surface area contributed by atoms with Crippen molar-refractivity contribution in [1.82, 2.24) is 10.6 Å². The number of amides is 1. The number of halogens is 1. The minimum absolute atomic E-state index is 0.0202. The molecule has 0 fully saturated rings. The maximum Gasteiger partial charge on any atom is 0.222 e. The predicted octanol–water partition coefficient (Wildman–Crippen LogP) is 2.33. The van der Waals surface area contributed by atoms with E-state index in [2.05, 4.69) is 26.6 Å². The molecule has 0 atom stereocenters. The Morgan fingerprint density at radius 2 is 1.95 bits per heavy atom. The Morgan fingerprint density at radius 3 is 2.52 bits per heavy atom. The summed E-state index contributed by atoms with van der Waals surface area (Å²) in [5.41, 5.74) is 1.08. The molecular weight excluding hydrogens is 336 g/mol. The molecule has 0 spiro atoms. The number of hydrogen-bond donors (Lipinski definition) is 2. The number of carbonyl (C=O) groups is 1. The van der Waals surface area contributed by atoms with Crippen molar-refractivity contribution in [2.75, 3.05) is 27.3 Å². The van der Waals surface area contributed by atoms with Crippen LogP contribution >= 0.6 is 15.9 Å². The zero-order valence-electron chi connectivity index (χ0n) is 13.0. The molecule has 0 aromatic heterocycles. The molecule has 1 rings (SSSR count). The third-order valence-corrected chi connectivity index (χ3v) is 3.54. The van der Waals surface area contributed by atoms with Crippen LogP contribution in [0.2, 0.25) is 0 Å². The highest BCUT2D eigenvalue weighted by atomic mass is 79.9. The van der Waals surface area contributed by atoms with Gasteiger partial charge in [0.05, 0.1) is 18.7 Å². The molecule has 0 aliphatic heterocycles. The normalized spacial score (nSPS) is 10.6. The number of methoxy groups -OCH3 is 2. The Labute approximate surface area is 134 Å². The summed E-state index contributed by atoms with van der Waals surface area (Å²) in [6.07, 6.45) is 0. The number of rotatable bonds is 8. The van der Waals surface area contributed by atoms with E-state index in [0.717, 1.165) is 10.0 Å². The molecule has 21 heavy (non-hydrogen) atoms. The fraction of sp³-hybridized carbons (Fsp3) is 0.533. The maximum atomic E-state index is 11.4. The number of nitrogens with one attached hydrogen (secondary N) is 2. The molecule has 0 saturated carbocycles. The van der Waals surface area contributed by atoms with E-state index in [9.17, 15) is 4.79 Å². The van der Waals surface area contributed by atoms with Crippen LogP contribution < -0.4 is 20.1 Å². The minimum Gasteiger partial charge on any atom is -0.493 e. The summed E-state index contributed by atoms with van der Waals surface area (Å²) in [6.45, 7) is 5.78. The van der Waals surface area contributed by atoms with Crippen molar-refractivity contribution in [3.8, 4) is 11.5 Å². The van der Waals surface area contributed by atoms with E-state index in [1.165, 1.54) is 0 Å². The first-order chi connectivity index (χ1) is 9.99. The molecule has 1 aromatic rings. The first kappa shape index (κ1) is 17.8. The van der Waals surface area contributed by atoms with Gasteiger partial charge in [0.15, 0.2) is 11.5 Å². The first-order valence-electron chi connectivity index (χ1n) is 6.88. The van der Waals surface area contributed by atoms with Crippen LogP contribution in [0.3, 0.4) is 0 Å². The van der Waals surface area contributed by atoms with E-state index in [-0.39, 0.29) is 11.8 Å². The number of hydrogen-bond acceptors (Lipinski definition) is 4. The Morgan fingerprint density at radius 1 is 1.24 bits per heavy atom. The van der Waals surface area contributed by atoms with Crippen molar-refractivity contribution >= 4 is 21.8 Å². The fourth-order valence-corrected chi connectivity index (χ4v) is 2.44. The van der Waals surface area contributed by atoms with Crippen molar-refractivity contribution in [1.29, 1.82) is 0 Å². The Bertz CT molecular complexity index is 478. The van der Waals surface area contributed by atoms with Gasteiger partial charge in [0.25, 0.3) is 0 Å². The average molecular weight is 359 g/mol. The summed E-state index contributed by atoms with van der Waals surface area (Å²) in [5, 5.41) is 6.15. The van der Waals surface area contributed by atoms with Crippen molar-refractivity contribution in [3.05, 3.63) is 22.2 Å². The van der Waals surface area contributed by atoms with E-state index < -0.39 is 0 Å². The highest BCUT2D eigenvalue weighted by molar-refractivity contribution is 9.10. The minimum atomic E-state index is 0.0202. The molecule has 118 valence electrons. The Hall–Kier alpha value is -1.27. The van der Waals surface area contributed by atoms with E-state index in [0.29, 0.717) is 31.1 Å². The van der Waals surface area contributed by atoms with Gasteiger partial charge in [-0.15, -0.1) is 0 Å². The molecular formula is C15H23BrN2O3. The lowest BCUT2D eigenvalue weighted by atomic mass is 10.2. The summed E-state index contributed by atoms with van der Waals surface area (Å²) in [5.74, 6) is 1.47. The molecule has 0 aliphatic rings. The number of carbonyl (C=O) groups excluding carboxylic acids is 1. The van der Waals surface area contributed by atoms with Crippen molar-refractivity contribution < 1.29 is 14.3 Å². The average Bonchev–Trinajstić information content (AvgIpc) is 2.45. The van der Waals surface area contributed by atoms with Crippen LogP contribution in [-0.4, -0.2) is 33.2 Å². The van der Waals surface area contributed by atoms with Gasteiger partial charge in [-0.2, -0.15) is 0 Å². The van der Waals surface area contributed by atoms with E-state index in [1.54, 1.807) is 14.2 Å². The quantitative estimate of drug-likeness (QED) is 0.700. The summed E-state index contributed by atoms with van der Waals surface area (Å²) in [4.78, 5) is 11.4. The summed E-state index contributed by atoms with van der Waals surface area (Å²) in [6, 6.07) is 3.92. The van der Waals surface area contributed by atoms with Gasteiger partial charge in [-0.05, 0) is 33.6 Å². The van der Waals surface area contributed by atoms with Gasteiger partial charge in [-0.3, -0.25) is 4.79 Å². The van der Waals surface area contributed by atoms with Gasteiger partial charge < -0.3 is 20.1 Å². The highest BCUT2D eigenvalue weighted by Crippen LogP contribution is 2.36. The molecule has 0 unspecified atom stereocenters. The van der Waals surface area contributed by atoms with Crippen LogP contribution in [-0.2, 0) is 11.3 Å². The molecule has 5 nitrogen and oxygen atoms in total. The van der Waals surface area contributed by atoms with Crippen LogP contribution in [0, 0.1) is 5.92 Å². The van der Waals surface area contributed by atoms with Crippen LogP contribution in [0.5, 0.6) is 11.5 Å². The number of ether oxygens (including phenoxy) is 2. The van der Waals surface area contributed by atoms with Gasteiger partial charge in [0.2, 0.25) is 5.91 Å². The zero-order chi connectivity index (χ0) is 15.8. The van der Waals surface area contributed by atoms with Crippen LogP contribution in [0.15, 0.2) is 16.6 Å². The summed E-state index contributed by atoms with van der Waals surface area (Å²) >= 11 is 3.47. The van der Waals surface area contributed by atoms with E-state index in [4.69, 9.17) is 9.47 Å². The third-order valence-electron chi connectivity index (χ3n) is 2.95. The molecule has 1 amide bonds. The van der Waals surface area contributed by atoms with Crippen LogP contribution in [0.1, 0.15) is 19.4 Å². The molecule has 0 saturated heterocycles. The third kappa shape index (κ3) is 5.55. The van der Waals surface area contributed by atoms with Gasteiger partial charge in [-0.25, -0.2) is 0 Å². The van der Waals surface area contributed by atoms with Gasteiger partial charge in [0.1, 0.15) is 0 Å². The number of benzene rings is 1. The lowest BCUT2D eigenvalue weighted by Gasteiger charge is -2.13. The molecule has 6 heteroatoms. The van der Waals surface area contributed by atoms with Crippen LogP contribution in [0.25, 0.3) is 0 Å². The van der Waals surface area contributed by atoms with Gasteiger partial charge in [-0.1, -0.05) is 13.8 Å². The lowest BCUT2D eigenvalue weighted by molar-refractivity contribution is -0.123. The van der Waals surface area contributed by atoms with Gasteiger partial charge in [0, 0.05) is 25.6 Å². The largest absolute Gasteiger partial charge is 0.493 e. The highest BCUT2D eigenvalue weighted by Gasteiger charge is 2.10. The lowest BCUT2D eigenvalue weighted by Crippen LogP contribution is -2.34. The molecule has 2 N–H and O–H groups in total. The predicted molar refractivity (Wildman–Crippen MR) is 86.8 cm³/mol. The topological polar surface area (TPSA) is 59.6 Å². The molecule has 0 aliphatic carbocycles. The monoisotopic (exact) mass is 358 g/mol. The Balaban J connectivity index is 2.46. The zero-order valence-corrected chi connectivity index (χ0v) is 14.5.